The van der Waals surface area contributed by atoms with Crippen LogP contribution in [0.1, 0.15) is 5.69 Å². The average Bonchev–Trinajstić information content (AvgIpc) is 3.88. The van der Waals surface area contributed by atoms with Gasteiger partial charge in [-0.15, -0.1) is 0 Å². The number of hydrogen-bond donors (Lipinski definition) is 2. The molecule has 0 saturated carbocycles. The molecule has 2 N–H and O–H groups in total. The summed E-state index contributed by atoms with van der Waals surface area (Å²) in [5.41, 5.74) is 47.1. The van der Waals surface area contributed by atoms with E-state index in [1.165, 1.54) is 13.1 Å². The van der Waals surface area contributed by atoms with E-state index >= 15 is 0 Å². The van der Waals surface area contributed by atoms with Gasteiger partial charge in [0.15, 0.2) is 6.61 Å². The van der Waals surface area contributed by atoms with Crippen LogP contribution in [0.3, 0.4) is 0 Å². The Balaban J connectivity index is 0.000000353. The predicted molar refractivity (Wildman–Crippen MR) is 314 cm³/mol. The molecule has 13 nitrogen and oxygen atoms in total. The van der Waals surface area contributed by atoms with Crippen LogP contribution in [-0.4, -0.2) is 195 Å². The quantitative estimate of drug-likeness (QED) is 0.0915. The second kappa shape index (κ2) is 35.4. The first kappa shape index (κ1) is 65.2. The third kappa shape index (κ3) is 22.9. The molecule has 77 heavy (non-hydrogen) atoms. The highest BCUT2D eigenvalue weighted by Gasteiger charge is 2.45. The van der Waals surface area contributed by atoms with E-state index in [2.05, 4.69) is 137 Å². The minimum atomic E-state index is -0.991. The van der Waals surface area contributed by atoms with Gasteiger partial charge < -0.3 is 24.7 Å². The van der Waals surface area contributed by atoms with Crippen LogP contribution < -0.4 is 19.7 Å². The Hall–Kier alpha value is -7.90. The van der Waals surface area contributed by atoms with Crippen LogP contribution in [0.5, 0.6) is 11.5 Å². The number of nitrogens with zero attached hydrogens (tertiary/aromatic N) is 4. The Bertz CT molecular complexity index is 3260. The first-order valence-electron chi connectivity index (χ1n) is 21.8. The Morgan fingerprint density at radius 1 is 0.649 bits per heavy atom. The standard InChI is InChI=1S/C21H4.C12H11FN4O3.C8H5FN2O4.B21/c1-3-5-7-9-11-13-15-17-19-21-20-18-16-14-12-10-8-6-4-2;13-9-3-12-11(4-10(9)17(18)19)16(1-2-20-12)6-8-5-14-7-15-8;9-4-1-7-5(2-6(4)11(13)14)10-8(12)3-15-7;1-12-18(13(2)3)21(19(14(4)5)15(6)7)20(16(8)9)17(10)11/h1-2H2;3-5,7H,1-2,6H2,(H,14,15);1-2H,3H2,(H,10,12);. The molecular weight excluding hydrogens is 954 g/mol. The van der Waals surface area contributed by atoms with Crippen molar-refractivity contribution < 1.29 is 32.9 Å². The van der Waals surface area contributed by atoms with Crippen molar-refractivity contribution in [2.75, 3.05) is 30.0 Å². The van der Waals surface area contributed by atoms with Gasteiger partial charge in [0, 0.05) is 186 Å². The van der Waals surface area contributed by atoms with Crippen LogP contribution in [0.25, 0.3) is 0 Å². The third-order valence-electron chi connectivity index (χ3n) is 9.93. The lowest BCUT2D eigenvalue weighted by atomic mass is 8.38. The monoisotopic (exact) mass is 977 g/mol. The fraction of sp³-hybridized carbons (Fsp3) is 0.0976. The second-order valence-corrected chi connectivity index (χ2v) is 15.1. The Morgan fingerprint density at radius 2 is 1.08 bits per heavy atom. The Morgan fingerprint density at radius 3 is 1.45 bits per heavy atom. The molecule has 36 heteroatoms. The number of carbonyl (C=O) groups excluding carboxylic acids is 1. The molecule has 333 valence electrons. The number of amides is 1. The summed E-state index contributed by atoms with van der Waals surface area (Å²) in [6.45, 7) is 7.84. The second-order valence-electron chi connectivity index (χ2n) is 15.1. The first-order chi connectivity index (χ1) is 36.7. The normalized spacial score (nSPS) is 9.79. The molecule has 3 heterocycles. The molecule has 2 aliphatic heterocycles. The Labute approximate surface area is 463 Å². The molecule has 0 fully saturated rings. The minimum absolute atomic E-state index is 0.0951. The summed E-state index contributed by atoms with van der Waals surface area (Å²) < 4.78 is 36.9. The van der Waals surface area contributed by atoms with Crippen LogP contribution >= 0.6 is 0 Å². The summed E-state index contributed by atoms with van der Waals surface area (Å²) >= 11 is 0. The van der Waals surface area contributed by atoms with Gasteiger partial charge in [-0.25, -0.2) is 4.98 Å². The zero-order valence-electron chi connectivity index (χ0n) is 40.7. The molecule has 1 amide bonds. The third-order valence-corrected chi connectivity index (χ3v) is 9.93. The first-order valence-corrected chi connectivity index (χ1v) is 21.8. The minimum Gasteiger partial charge on any atom is -0.489 e. The lowest BCUT2D eigenvalue weighted by Crippen LogP contribution is -2.81. The van der Waals surface area contributed by atoms with Gasteiger partial charge in [0.05, 0.1) is 46.3 Å². The van der Waals surface area contributed by atoms with E-state index < -0.39 is 96.2 Å². The van der Waals surface area contributed by atoms with Gasteiger partial charge in [0.25, 0.3) is 5.91 Å². The van der Waals surface area contributed by atoms with Crippen molar-refractivity contribution in [3.05, 3.63) is 196 Å². The van der Waals surface area contributed by atoms with Crippen molar-refractivity contribution in [1.29, 1.82) is 0 Å². The van der Waals surface area contributed by atoms with E-state index in [4.69, 9.17) is 94.6 Å². The number of nitrogens with one attached hydrogen (secondary N) is 2. The molecule has 23 radical (unpaired) electrons. The average molecular weight is 974 g/mol. The number of aromatic amines is 1. The lowest BCUT2D eigenvalue weighted by Gasteiger charge is -2.43. The molecule has 2 aromatic carbocycles. The van der Waals surface area contributed by atoms with Crippen LogP contribution in [0.4, 0.5) is 31.5 Å². The number of imidazole rings is 1. The molecule has 3 aromatic rings. The summed E-state index contributed by atoms with van der Waals surface area (Å²) in [7, 11) is 64.8. The number of fused-ring (bicyclic) bond motifs is 2. The molecule has 0 atom stereocenters. The fourth-order valence-corrected chi connectivity index (χ4v) is 6.77. The molecule has 0 unspecified atom stereocenters. The van der Waals surface area contributed by atoms with Gasteiger partial charge in [-0.3, -0.25) is 25.0 Å². The van der Waals surface area contributed by atoms with Gasteiger partial charge in [0.2, 0.25) is 11.6 Å². The zero-order valence-corrected chi connectivity index (χ0v) is 40.7. The largest absolute Gasteiger partial charge is 0.489 e. The molecule has 0 aliphatic carbocycles. The summed E-state index contributed by atoms with van der Waals surface area (Å²) in [4.78, 5) is 39.3. The summed E-state index contributed by atoms with van der Waals surface area (Å²) in [5, 5.41) is 23.6. The van der Waals surface area contributed by atoms with Crippen LogP contribution in [-0.2, 0) is 11.3 Å². The zero-order chi connectivity index (χ0) is 57.5. The number of benzene rings is 2. The van der Waals surface area contributed by atoms with E-state index in [9.17, 15) is 33.8 Å². The van der Waals surface area contributed by atoms with E-state index in [1.54, 1.807) is 12.5 Å². The van der Waals surface area contributed by atoms with Crippen LogP contribution in [0.2, 0.25) is 0 Å². The van der Waals surface area contributed by atoms with Crippen molar-refractivity contribution in [2.45, 2.75) is 6.54 Å². The highest BCUT2D eigenvalue weighted by atomic mass is 19.1. The van der Waals surface area contributed by atoms with E-state index in [-0.39, 0.29) is 18.0 Å². The number of carbonyl (C=O) groups is 1. The summed E-state index contributed by atoms with van der Waals surface area (Å²) in [6, 6.07) is 4.08. The van der Waals surface area contributed by atoms with Gasteiger partial charge in [-0.05, 0) is 105 Å². The SMILES string of the molecule is C=C=C=C=C=C=C=C=C=C=C=C=C=C=C=C=C=C=C=C=C.O=C1COc2cc(F)c([N+](=O)[O-])cc2N1.O=[N+]([O-])c1cc2c(cc1F)OCCN2Cc1cnc[nH]1.[B][B]B(B([B])[B])B(B(B([B])[B])B([B])[B])B(B([B])[B])B([B])[B]. The Kier molecular flexibility index (Phi) is 30.0. The maximum absolute atomic E-state index is 13.6. The number of H-pyrrole nitrogens is 1. The van der Waals surface area contributed by atoms with E-state index in [0.717, 1.165) is 23.9 Å². The smallest absolute Gasteiger partial charge is 0.307 e. The van der Waals surface area contributed by atoms with E-state index in [0.29, 0.717) is 31.1 Å². The number of nitro benzene ring substituents is 2. The van der Waals surface area contributed by atoms with Crippen molar-refractivity contribution in [1.82, 2.24) is 9.97 Å². The molecule has 0 spiro atoms. The topological polar surface area (TPSA) is 166 Å². The molecular formula is C41H20B21F2N6O7. The van der Waals surface area contributed by atoms with Crippen molar-refractivity contribution in [3.63, 3.8) is 0 Å². The highest BCUT2D eigenvalue weighted by Crippen LogP contribution is 2.37. The molecule has 2 aliphatic rings. The van der Waals surface area contributed by atoms with E-state index in [1.807, 2.05) is 4.90 Å². The van der Waals surface area contributed by atoms with Crippen molar-refractivity contribution in [2.24, 2.45) is 0 Å². The van der Waals surface area contributed by atoms with Gasteiger partial charge >= 0.3 is 11.4 Å². The number of rotatable bonds is 13. The molecule has 0 saturated heterocycles. The summed E-state index contributed by atoms with van der Waals surface area (Å²) in [6.07, 6.45) is -3.54. The van der Waals surface area contributed by atoms with Gasteiger partial charge in [-0.1, -0.05) is 11.5 Å². The maximum Gasteiger partial charge on any atom is 0.307 e. The predicted octanol–water partition coefficient (Wildman–Crippen LogP) is -1.33. The van der Waals surface area contributed by atoms with Crippen LogP contribution in [0.15, 0.2) is 159 Å². The lowest BCUT2D eigenvalue weighted by molar-refractivity contribution is -0.387. The van der Waals surface area contributed by atoms with Gasteiger partial charge in [-0.2, -0.15) is 8.78 Å². The number of hydrogen-bond acceptors (Lipinski definition) is 9. The number of aromatic nitrogens is 2. The number of ether oxygens (including phenoxy) is 2. The number of halogens is 2. The number of anilines is 2. The number of nitro groups is 2. The van der Waals surface area contributed by atoms with Crippen molar-refractivity contribution in [3.8, 4) is 11.5 Å². The molecule has 5 rings (SSSR count). The fourth-order valence-electron chi connectivity index (χ4n) is 6.77. The molecule has 0 bridgehead atoms. The summed E-state index contributed by atoms with van der Waals surface area (Å²) in [5.74, 6) is -1.90. The maximum atomic E-state index is 13.6. The highest BCUT2D eigenvalue weighted by molar-refractivity contribution is 8.20. The molecule has 1 aromatic heterocycles. The van der Waals surface area contributed by atoms with Gasteiger partial charge in [0.1, 0.15) is 18.1 Å². The van der Waals surface area contributed by atoms with Crippen molar-refractivity contribution >= 4 is 178 Å². The van der Waals surface area contributed by atoms with Crippen LogP contribution in [0, 0.1) is 31.9 Å².